The number of nitrogens with one attached hydrogen (secondary N) is 1. The van der Waals surface area contributed by atoms with Crippen molar-refractivity contribution >= 4 is 17.7 Å². The molecule has 0 bridgehead atoms. The van der Waals surface area contributed by atoms with Gasteiger partial charge in [0.05, 0.1) is 17.2 Å². The lowest BCUT2D eigenvalue weighted by Crippen LogP contribution is -2.32. The molecule has 2 aromatic rings. The van der Waals surface area contributed by atoms with E-state index < -0.39 is 0 Å². The number of imide groups is 1. The molecule has 28 heavy (non-hydrogen) atoms. The number of rotatable bonds is 8. The maximum absolute atomic E-state index is 12.3. The summed E-state index contributed by atoms with van der Waals surface area (Å²) in [6.45, 7) is 4.60. The van der Waals surface area contributed by atoms with E-state index >= 15 is 0 Å². The van der Waals surface area contributed by atoms with Crippen LogP contribution in [0.25, 0.3) is 0 Å². The minimum absolute atomic E-state index is 0.112. The van der Waals surface area contributed by atoms with Crippen LogP contribution in [0.3, 0.4) is 0 Å². The number of carbonyl (C=O) groups is 3. The van der Waals surface area contributed by atoms with E-state index in [1.165, 1.54) is 4.90 Å². The molecule has 0 saturated heterocycles. The lowest BCUT2D eigenvalue weighted by atomic mass is 10.1. The van der Waals surface area contributed by atoms with Gasteiger partial charge in [-0.05, 0) is 50.1 Å². The third-order valence-electron chi connectivity index (χ3n) is 4.45. The van der Waals surface area contributed by atoms with Crippen LogP contribution in [0.1, 0.15) is 53.0 Å². The largest absolute Gasteiger partial charge is 0.491 e. The predicted octanol–water partition coefficient (Wildman–Crippen LogP) is 3.17. The molecule has 0 spiro atoms. The summed E-state index contributed by atoms with van der Waals surface area (Å²) in [5.41, 5.74) is 1.84. The van der Waals surface area contributed by atoms with Gasteiger partial charge in [-0.3, -0.25) is 19.3 Å². The quantitative estimate of drug-likeness (QED) is 0.714. The highest BCUT2D eigenvalue weighted by Gasteiger charge is 2.34. The Labute approximate surface area is 164 Å². The molecule has 1 aliphatic rings. The first-order valence-corrected chi connectivity index (χ1v) is 9.43. The van der Waals surface area contributed by atoms with Crippen LogP contribution >= 0.6 is 0 Å². The molecule has 0 aliphatic carbocycles. The Hall–Kier alpha value is -3.15. The molecule has 3 rings (SSSR count). The van der Waals surface area contributed by atoms with Crippen LogP contribution in [0.2, 0.25) is 0 Å². The van der Waals surface area contributed by atoms with Crippen molar-refractivity contribution in [2.75, 3.05) is 6.54 Å². The van der Waals surface area contributed by atoms with Gasteiger partial charge in [-0.2, -0.15) is 0 Å². The molecular weight excluding hydrogens is 356 g/mol. The monoisotopic (exact) mass is 380 g/mol. The topological polar surface area (TPSA) is 75.7 Å². The number of amides is 3. The van der Waals surface area contributed by atoms with Gasteiger partial charge in [0.15, 0.2) is 0 Å². The second-order valence-electron chi connectivity index (χ2n) is 7.00. The Balaban J connectivity index is 1.42. The molecule has 1 heterocycles. The number of carbonyl (C=O) groups excluding carboxylic acids is 3. The number of ether oxygens (including phenoxy) is 1. The number of hydrogen-bond acceptors (Lipinski definition) is 4. The number of nitrogens with zero attached hydrogens (tertiary/aromatic N) is 1. The summed E-state index contributed by atoms with van der Waals surface area (Å²) in [5, 5.41) is 2.86. The van der Waals surface area contributed by atoms with E-state index in [4.69, 9.17) is 4.74 Å². The Kier molecular flexibility index (Phi) is 6.09. The molecular formula is C22H24N2O4. The highest BCUT2D eigenvalue weighted by molar-refractivity contribution is 6.21. The van der Waals surface area contributed by atoms with Crippen molar-refractivity contribution in [3.05, 3.63) is 65.2 Å². The molecule has 6 nitrogen and oxygen atoms in total. The van der Waals surface area contributed by atoms with E-state index in [1.54, 1.807) is 24.3 Å². The third-order valence-corrected chi connectivity index (χ3v) is 4.45. The zero-order chi connectivity index (χ0) is 20.1. The zero-order valence-electron chi connectivity index (χ0n) is 16.1. The highest BCUT2D eigenvalue weighted by Crippen LogP contribution is 2.22. The molecule has 0 aromatic heterocycles. The van der Waals surface area contributed by atoms with Gasteiger partial charge in [0.2, 0.25) is 5.91 Å². The van der Waals surface area contributed by atoms with E-state index in [9.17, 15) is 14.4 Å². The molecule has 2 aromatic carbocycles. The molecule has 1 aliphatic heterocycles. The van der Waals surface area contributed by atoms with Crippen LogP contribution in [0.15, 0.2) is 48.5 Å². The van der Waals surface area contributed by atoms with Crippen LogP contribution in [-0.2, 0) is 11.3 Å². The van der Waals surface area contributed by atoms with Gasteiger partial charge < -0.3 is 10.1 Å². The van der Waals surface area contributed by atoms with Crippen LogP contribution in [0.4, 0.5) is 0 Å². The lowest BCUT2D eigenvalue weighted by molar-refractivity contribution is -0.121. The minimum atomic E-state index is -0.287. The molecule has 1 N–H and O–H groups in total. The molecule has 0 fully saturated rings. The molecule has 0 saturated carbocycles. The van der Waals surface area contributed by atoms with Crippen molar-refractivity contribution in [2.24, 2.45) is 0 Å². The van der Waals surface area contributed by atoms with Crippen LogP contribution in [0.5, 0.6) is 5.75 Å². The smallest absolute Gasteiger partial charge is 0.261 e. The normalized spacial score (nSPS) is 13.0. The Bertz CT molecular complexity index is 839. The van der Waals surface area contributed by atoms with Gasteiger partial charge in [0, 0.05) is 19.5 Å². The number of hydrogen-bond donors (Lipinski definition) is 1. The minimum Gasteiger partial charge on any atom is -0.491 e. The standard InChI is InChI=1S/C22H24N2O4/c1-15(2)28-17-11-9-16(10-12-17)14-23-20(25)8-5-13-24-21(26)18-6-3-4-7-19(18)22(24)27/h3-4,6-7,9-12,15H,5,8,13-14H2,1-2H3,(H,23,25). The van der Waals surface area contributed by atoms with Crippen LogP contribution in [-0.4, -0.2) is 35.3 Å². The van der Waals surface area contributed by atoms with Crippen molar-refractivity contribution in [3.63, 3.8) is 0 Å². The molecule has 3 amide bonds. The van der Waals surface area contributed by atoms with Crippen molar-refractivity contribution in [2.45, 2.75) is 39.3 Å². The maximum Gasteiger partial charge on any atom is 0.261 e. The van der Waals surface area contributed by atoms with Crippen molar-refractivity contribution in [1.82, 2.24) is 10.2 Å². The van der Waals surface area contributed by atoms with Gasteiger partial charge in [-0.1, -0.05) is 24.3 Å². The summed E-state index contributed by atoms with van der Waals surface area (Å²) < 4.78 is 5.59. The van der Waals surface area contributed by atoms with Crippen molar-refractivity contribution in [3.8, 4) is 5.75 Å². The summed E-state index contributed by atoms with van der Waals surface area (Å²) >= 11 is 0. The van der Waals surface area contributed by atoms with E-state index in [1.807, 2.05) is 38.1 Å². The Morgan fingerprint density at radius 3 is 2.18 bits per heavy atom. The van der Waals surface area contributed by atoms with Crippen molar-refractivity contribution < 1.29 is 19.1 Å². The number of fused-ring (bicyclic) bond motifs is 1. The van der Waals surface area contributed by atoms with Crippen LogP contribution < -0.4 is 10.1 Å². The second kappa shape index (κ2) is 8.69. The Morgan fingerprint density at radius 1 is 1.00 bits per heavy atom. The lowest BCUT2D eigenvalue weighted by Gasteiger charge is -2.13. The average molecular weight is 380 g/mol. The van der Waals surface area contributed by atoms with E-state index in [2.05, 4.69) is 5.32 Å². The molecule has 6 heteroatoms. The molecule has 146 valence electrons. The van der Waals surface area contributed by atoms with Crippen molar-refractivity contribution in [1.29, 1.82) is 0 Å². The SMILES string of the molecule is CC(C)Oc1ccc(CNC(=O)CCCN2C(=O)c3ccccc3C2=O)cc1. The fourth-order valence-electron chi connectivity index (χ4n) is 3.09. The predicted molar refractivity (Wildman–Crippen MR) is 105 cm³/mol. The maximum atomic E-state index is 12.3. The van der Waals surface area contributed by atoms with E-state index in [0.717, 1.165) is 11.3 Å². The van der Waals surface area contributed by atoms with Gasteiger partial charge in [-0.15, -0.1) is 0 Å². The van der Waals surface area contributed by atoms with Crippen LogP contribution in [0, 0.1) is 0 Å². The fourth-order valence-corrected chi connectivity index (χ4v) is 3.09. The summed E-state index contributed by atoms with van der Waals surface area (Å²) in [6, 6.07) is 14.4. The first-order valence-electron chi connectivity index (χ1n) is 9.43. The third kappa shape index (κ3) is 4.57. The summed E-state index contributed by atoms with van der Waals surface area (Å²) in [5.74, 6) is 0.111. The van der Waals surface area contributed by atoms with Gasteiger partial charge in [-0.25, -0.2) is 0 Å². The average Bonchev–Trinajstić information content (AvgIpc) is 2.92. The van der Waals surface area contributed by atoms with E-state index in [0.29, 0.717) is 24.1 Å². The molecule has 0 radical (unpaired) electrons. The zero-order valence-corrected chi connectivity index (χ0v) is 16.1. The summed E-state index contributed by atoms with van der Waals surface area (Å²) in [7, 11) is 0. The highest BCUT2D eigenvalue weighted by atomic mass is 16.5. The van der Waals surface area contributed by atoms with Gasteiger partial charge in [0.25, 0.3) is 11.8 Å². The summed E-state index contributed by atoms with van der Waals surface area (Å²) in [4.78, 5) is 37.8. The second-order valence-corrected chi connectivity index (χ2v) is 7.00. The first-order chi connectivity index (χ1) is 13.5. The molecule has 0 atom stereocenters. The summed E-state index contributed by atoms with van der Waals surface area (Å²) in [6.07, 6.45) is 0.799. The van der Waals surface area contributed by atoms with E-state index in [-0.39, 0.29) is 36.8 Å². The Morgan fingerprint density at radius 2 is 1.61 bits per heavy atom. The number of benzene rings is 2. The molecule has 0 unspecified atom stereocenters. The first kappa shape index (κ1) is 19.6. The fraction of sp³-hybridized carbons (Fsp3) is 0.318. The van der Waals surface area contributed by atoms with Gasteiger partial charge >= 0.3 is 0 Å². The van der Waals surface area contributed by atoms with Gasteiger partial charge in [0.1, 0.15) is 5.75 Å².